The average molecular weight is 302 g/mol. The van der Waals surface area contributed by atoms with E-state index in [2.05, 4.69) is 39.8 Å². The number of benzene rings is 2. The summed E-state index contributed by atoms with van der Waals surface area (Å²) in [7, 11) is 0. The van der Waals surface area contributed by atoms with Gasteiger partial charge in [0.15, 0.2) is 0 Å². The first-order chi connectivity index (χ1) is 11.2. The van der Waals surface area contributed by atoms with Crippen LogP contribution in [-0.4, -0.2) is 10.2 Å². The Labute approximate surface area is 135 Å². The summed E-state index contributed by atoms with van der Waals surface area (Å²) in [5, 5.41) is 21.2. The topological polar surface area (TPSA) is 64.5 Å². The van der Waals surface area contributed by atoms with Crippen LogP contribution in [-0.2, 0) is 6.42 Å². The number of anilines is 1. The highest BCUT2D eigenvalue weighted by Crippen LogP contribution is 2.33. The van der Waals surface area contributed by atoms with E-state index >= 15 is 0 Å². The Hall–Kier alpha value is -2.80. The van der Waals surface area contributed by atoms with Gasteiger partial charge in [0.1, 0.15) is 0 Å². The van der Waals surface area contributed by atoms with Gasteiger partial charge < -0.3 is 5.32 Å². The van der Waals surface area contributed by atoms with Crippen LogP contribution in [0.4, 0.5) is 5.69 Å². The molecule has 2 aromatic carbocycles. The van der Waals surface area contributed by atoms with E-state index < -0.39 is 0 Å². The number of hydrogen-bond donors (Lipinski definition) is 2. The number of aromatic nitrogens is 2. The van der Waals surface area contributed by atoms with Crippen LogP contribution in [0.2, 0.25) is 0 Å². The van der Waals surface area contributed by atoms with Crippen LogP contribution in [0, 0.1) is 18.3 Å². The maximum Gasteiger partial charge on any atom is 0.0991 e. The van der Waals surface area contributed by atoms with Gasteiger partial charge in [-0.05, 0) is 67.6 Å². The van der Waals surface area contributed by atoms with Gasteiger partial charge in [0.05, 0.1) is 23.2 Å². The molecule has 3 aromatic rings. The fraction of sp³-hybridized carbons (Fsp3) is 0.263. The molecule has 1 aliphatic rings. The normalized spacial score (nSPS) is 16.8. The summed E-state index contributed by atoms with van der Waals surface area (Å²) in [5.41, 5.74) is 6.57. The van der Waals surface area contributed by atoms with E-state index in [0.29, 0.717) is 6.04 Å². The molecule has 4 nitrogen and oxygen atoms in total. The van der Waals surface area contributed by atoms with Crippen molar-refractivity contribution in [3.8, 4) is 6.07 Å². The number of rotatable bonds is 2. The van der Waals surface area contributed by atoms with Crippen molar-refractivity contribution in [1.29, 1.82) is 5.26 Å². The molecule has 1 atom stereocenters. The monoisotopic (exact) mass is 302 g/mol. The van der Waals surface area contributed by atoms with E-state index in [1.165, 1.54) is 11.1 Å². The predicted octanol–water partition coefficient (Wildman–Crippen LogP) is 4.23. The van der Waals surface area contributed by atoms with Gasteiger partial charge >= 0.3 is 0 Å². The third-order valence-corrected chi connectivity index (χ3v) is 4.67. The molecule has 1 aliphatic carbocycles. The van der Waals surface area contributed by atoms with Gasteiger partial charge in [-0.3, -0.25) is 5.10 Å². The average Bonchev–Trinajstić information content (AvgIpc) is 2.95. The zero-order valence-corrected chi connectivity index (χ0v) is 13.1. The third-order valence-electron chi connectivity index (χ3n) is 4.67. The minimum Gasteiger partial charge on any atom is -0.378 e. The Kier molecular flexibility index (Phi) is 3.27. The largest absolute Gasteiger partial charge is 0.378 e. The Morgan fingerprint density at radius 1 is 1.26 bits per heavy atom. The van der Waals surface area contributed by atoms with E-state index in [1.807, 2.05) is 25.1 Å². The van der Waals surface area contributed by atoms with E-state index in [9.17, 15) is 0 Å². The number of H-pyrrole nitrogens is 1. The highest BCUT2D eigenvalue weighted by Gasteiger charge is 2.20. The lowest BCUT2D eigenvalue weighted by Gasteiger charge is -2.27. The smallest absolute Gasteiger partial charge is 0.0991 e. The van der Waals surface area contributed by atoms with E-state index in [0.717, 1.165) is 47.1 Å². The van der Waals surface area contributed by atoms with Crippen molar-refractivity contribution in [3.63, 3.8) is 0 Å². The van der Waals surface area contributed by atoms with E-state index in [4.69, 9.17) is 5.26 Å². The molecule has 0 spiro atoms. The molecule has 0 saturated heterocycles. The summed E-state index contributed by atoms with van der Waals surface area (Å²) in [5.74, 6) is 0. The first-order valence-corrected chi connectivity index (χ1v) is 7.99. The van der Waals surface area contributed by atoms with Crippen molar-refractivity contribution < 1.29 is 0 Å². The molecule has 0 amide bonds. The van der Waals surface area contributed by atoms with Crippen molar-refractivity contribution in [1.82, 2.24) is 10.2 Å². The molecule has 2 N–H and O–H groups in total. The molecule has 0 bridgehead atoms. The van der Waals surface area contributed by atoms with Gasteiger partial charge in [0.2, 0.25) is 0 Å². The number of aromatic amines is 1. The molecule has 23 heavy (non-hydrogen) atoms. The maximum absolute atomic E-state index is 9.07. The van der Waals surface area contributed by atoms with Crippen LogP contribution in [0.5, 0.6) is 0 Å². The number of fused-ring (bicyclic) bond motifs is 2. The minimum atomic E-state index is 0.302. The quantitative estimate of drug-likeness (QED) is 0.744. The molecule has 0 fully saturated rings. The van der Waals surface area contributed by atoms with Crippen molar-refractivity contribution >= 4 is 16.6 Å². The zero-order valence-electron chi connectivity index (χ0n) is 13.1. The number of nitriles is 1. The number of nitrogens with one attached hydrogen (secondary N) is 2. The Balaban J connectivity index is 1.66. The molecule has 0 saturated carbocycles. The van der Waals surface area contributed by atoms with Crippen molar-refractivity contribution in [2.24, 2.45) is 0 Å². The minimum absolute atomic E-state index is 0.302. The Morgan fingerprint density at radius 2 is 2.17 bits per heavy atom. The second-order valence-corrected chi connectivity index (χ2v) is 6.20. The van der Waals surface area contributed by atoms with Gasteiger partial charge in [0.25, 0.3) is 0 Å². The number of aryl methyl sites for hydroxylation is 2. The fourth-order valence-corrected chi connectivity index (χ4v) is 3.46. The molecule has 4 rings (SSSR count). The van der Waals surface area contributed by atoms with Gasteiger partial charge in [-0.2, -0.15) is 10.4 Å². The lowest BCUT2D eigenvalue weighted by atomic mass is 9.86. The molecule has 0 aliphatic heterocycles. The van der Waals surface area contributed by atoms with Crippen LogP contribution in [0.1, 0.15) is 41.3 Å². The van der Waals surface area contributed by atoms with Crippen LogP contribution in [0.25, 0.3) is 10.9 Å². The lowest BCUT2D eigenvalue weighted by Crippen LogP contribution is -2.17. The highest BCUT2D eigenvalue weighted by atomic mass is 15.1. The molecular weight excluding hydrogens is 284 g/mol. The molecule has 1 unspecified atom stereocenters. The maximum atomic E-state index is 9.07. The SMILES string of the molecule is Cc1[nH]nc2ccc(NC3CCCc4cc(C#N)ccc43)cc12. The van der Waals surface area contributed by atoms with Gasteiger partial charge in [-0.1, -0.05) is 6.07 Å². The Bertz CT molecular complexity index is 917. The fourth-order valence-electron chi connectivity index (χ4n) is 3.46. The van der Waals surface area contributed by atoms with Crippen LogP contribution in [0.3, 0.4) is 0 Å². The molecule has 114 valence electrons. The van der Waals surface area contributed by atoms with Gasteiger partial charge in [-0.25, -0.2) is 0 Å². The second kappa shape index (κ2) is 5.44. The highest BCUT2D eigenvalue weighted by molar-refractivity contribution is 5.84. The zero-order chi connectivity index (χ0) is 15.8. The molecule has 4 heteroatoms. The van der Waals surface area contributed by atoms with Gasteiger partial charge in [-0.15, -0.1) is 0 Å². The number of hydrogen-bond acceptors (Lipinski definition) is 3. The summed E-state index contributed by atoms with van der Waals surface area (Å²) in [4.78, 5) is 0. The van der Waals surface area contributed by atoms with Crippen LogP contribution in [0.15, 0.2) is 36.4 Å². The lowest BCUT2D eigenvalue weighted by molar-refractivity contribution is 0.600. The third kappa shape index (κ3) is 2.44. The molecule has 0 radical (unpaired) electrons. The summed E-state index contributed by atoms with van der Waals surface area (Å²) in [6.07, 6.45) is 3.32. The summed E-state index contributed by atoms with van der Waals surface area (Å²) >= 11 is 0. The van der Waals surface area contributed by atoms with Crippen LogP contribution < -0.4 is 5.32 Å². The van der Waals surface area contributed by atoms with Crippen LogP contribution >= 0.6 is 0 Å². The Morgan fingerprint density at radius 3 is 3.04 bits per heavy atom. The summed E-state index contributed by atoms with van der Waals surface area (Å²) in [6, 6.07) is 14.9. The standard InChI is InChI=1S/C19H18N4/c1-12-17-10-15(6-8-19(17)23-22-12)21-18-4-2-3-14-9-13(11-20)5-7-16(14)18/h5-10,18,21H,2-4H2,1H3,(H,22,23). The van der Waals surface area contributed by atoms with Crippen molar-refractivity contribution in [2.75, 3.05) is 5.32 Å². The molecular formula is C19H18N4. The summed E-state index contributed by atoms with van der Waals surface area (Å²) < 4.78 is 0. The molecule has 1 heterocycles. The first kappa shape index (κ1) is 13.8. The van der Waals surface area contributed by atoms with E-state index in [-0.39, 0.29) is 0 Å². The van der Waals surface area contributed by atoms with Crippen molar-refractivity contribution in [2.45, 2.75) is 32.2 Å². The first-order valence-electron chi connectivity index (χ1n) is 7.99. The van der Waals surface area contributed by atoms with Gasteiger partial charge in [0, 0.05) is 16.8 Å². The number of nitrogens with zero attached hydrogens (tertiary/aromatic N) is 2. The molecule has 1 aromatic heterocycles. The predicted molar refractivity (Wildman–Crippen MR) is 91.3 cm³/mol. The summed E-state index contributed by atoms with van der Waals surface area (Å²) in [6.45, 7) is 2.04. The van der Waals surface area contributed by atoms with Crippen molar-refractivity contribution in [3.05, 3.63) is 58.8 Å². The van der Waals surface area contributed by atoms with E-state index in [1.54, 1.807) is 0 Å². The second-order valence-electron chi connectivity index (χ2n) is 6.20.